The molecule has 0 unspecified atom stereocenters. The molecule has 0 bridgehead atoms. The van der Waals surface area contributed by atoms with Crippen LogP contribution < -0.4 is 15.5 Å². The zero-order valence-corrected chi connectivity index (χ0v) is 17.7. The molecular weight excluding hydrogens is 374 g/mol. The number of nitrogens with zero attached hydrogens (tertiary/aromatic N) is 3. The van der Waals surface area contributed by atoms with Crippen molar-refractivity contribution in [3.8, 4) is 0 Å². The average Bonchev–Trinajstić information content (AvgIpc) is 3.44. The Balaban J connectivity index is 1.23. The molecule has 0 saturated carbocycles. The highest BCUT2D eigenvalue weighted by Crippen LogP contribution is 2.27. The highest BCUT2D eigenvalue weighted by Gasteiger charge is 2.23. The van der Waals surface area contributed by atoms with Gasteiger partial charge in [0, 0.05) is 32.4 Å². The van der Waals surface area contributed by atoms with Crippen molar-refractivity contribution in [3.05, 3.63) is 65.2 Å². The summed E-state index contributed by atoms with van der Waals surface area (Å²) in [6.07, 6.45) is 3.56. The molecule has 2 aromatic carbocycles. The van der Waals surface area contributed by atoms with Crippen LogP contribution in [0.4, 0.5) is 5.69 Å². The monoisotopic (exact) mass is 405 g/mol. The number of hydrogen-bond donors (Lipinski definition) is 2. The lowest BCUT2D eigenvalue weighted by Gasteiger charge is -2.19. The Morgan fingerprint density at radius 2 is 1.70 bits per heavy atom. The first-order chi connectivity index (χ1) is 14.7. The molecule has 6 heteroatoms. The Kier molecular flexibility index (Phi) is 6.64. The highest BCUT2D eigenvalue weighted by atomic mass is 16.2. The molecule has 6 nitrogen and oxygen atoms in total. The van der Waals surface area contributed by atoms with Crippen molar-refractivity contribution in [1.82, 2.24) is 15.5 Å². The number of nitrogens with one attached hydrogen (secondary N) is 2. The summed E-state index contributed by atoms with van der Waals surface area (Å²) in [6, 6.07) is 16.9. The van der Waals surface area contributed by atoms with Crippen LogP contribution in [-0.4, -0.2) is 50.0 Å². The molecule has 2 aliphatic heterocycles. The molecule has 0 radical (unpaired) electrons. The standard InChI is InChI=1S/C24H31N5O/c1-25-24(27-17-23(30)29-15-12-21-6-2-3-7-22(21)29)26-16-19-8-10-20(11-9-19)18-28-13-4-5-14-28/h2-3,6-11H,4-5,12-18H2,1H3,(H2,25,26,27). The van der Waals surface area contributed by atoms with Crippen LogP contribution in [0.15, 0.2) is 53.5 Å². The molecule has 1 fully saturated rings. The maximum absolute atomic E-state index is 12.7. The molecule has 2 heterocycles. The summed E-state index contributed by atoms with van der Waals surface area (Å²) in [5.74, 6) is 0.700. The molecule has 2 N–H and O–H groups in total. The van der Waals surface area contributed by atoms with Gasteiger partial charge in [-0.25, -0.2) is 0 Å². The SMILES string of the molecule is CN=C(NCC(=O)N1CCc2ccccc21)NCc1ccc(CN2CCCC2)cc1. The van der Waals surface area contributed by atoms with Gasteiger partial charge in [-0.05, 0) is 55.1 Å². The lowest BCUT2D eigenvalue weighted by molar-refractivity contribution is -0.117. The van der Waals surface area contributed by atoms with E-state index in [1.165, 1.54) is 42.6 Å². The molecule has 0 atom stereocenters. The maximum Gasteiger partial charge on any atom is 0.246 e. The van der Waals surface area contributed by atoms with Gasteiger partial charge < -0.3 is 15.5 Å². The number of aliphatic imine (C=N–C) groups is 1. The molecule has 158 valence electrons. The van der Waals surface area contributed by atoms with Gasteiger partial charge in [-0.15, -0.1) is 0 Å². The van der Waals surface area contributed by atoms with Gasteiger partial charge in [0.15, 0.2) is 5.96 Å². The van der Waals surface area contributed by atoms with Gasteiger partial charge in [-0.2, -0.15) is 0 Å². The number of hydrogen-bond acceptors (Lipinski definition) is 3. The quantitative estimate of drug-likeness (QED) is 0.573. The van der Waals surface area contributed by atoms with Gasteiger partial charge in [0.2, 0.25) is 5.91 Å². The molecule has 2 aliphatic rings. The lowest BCUT2D eigenvalue weighted by atomic mass is 10.1. The van der Waals surface area contributed by atoms with Crippen LogP contribution in [-0.2, 0) is 24.3 Å². The van der Waals surface area contributed by atoms with Gasteiger partial charge in [-0.1, -0.05) is 42.5 Å². The second kappa shape index (κ2) is 9.76. The minimum Gasteiger partial charge on any atom is -0.352 e. The molecule has 0 aromatic heterocycles. The number of likely N-dealkylation sites (tertiary alicyclic amines) is 1. The van der Waals surface area contributed by atoms with Gasteiger partial charge in [-0.3, -0.25) is 14.7 Å². The highest BCUT2D eigenvalue weighted by molar-refractivity contribution is 5.98. The fraction of sp³-hybridized carbons (Fsp3) is 0.417. The summed E-state index contributed by atoms with van der Waals surface area (Å²) in [4.78, 5) is 21.3. The summed E-state index contributed by atoms with van der Waals surface area (Å²) in [5.41, 5.74) is 4.82. The minimum atomic E-state index is 0.0640. The van der Waals surface area contributed by atoms with Crippen LogP contribution in [0.5, 0.6) is 0 Å². The smallest absolute Gasteiger partial charge is 0.246 e. The second-order valence-corrected chi connectivity index (χ2v) is 8.00. The first-order valence-corrected chi connectivity index (χ1v) is 10.9. The van der Waals surface area contributed by atoms with E-state index in [9.17, 15) is 4.79 Å². The summed E-state index contributed by atoms with van der Waals surface area (Å²) in [6.45, 7) is 5.11. The Hall–Kier alpha value is -2.86. The van der Waals surface area contributed by atoms with Gasteiger partial charge in [0.1, 0.15) is 0 Å². The van der Waals surface area contributed by atoms with Crippen LogP contribution in [0.3, 0.4) is 0 Å². The van der Waals surface area contributed by atoms with Crippen molar-refractivity contribution >= 4 is 17.6 Å². The summed E-state index contributed by atoms with van der Waals surface area (Å²) >= 11 is 0. The van der Waals surface area contributed by atoms with E-state index in [2.05, 4.69) is 50.9 Å². The Labute approximate surface area is 179 Å². The third-order valence-electron chi connectivity index (χ3n) is 5.91. The number of anilines is 1. The summed E-state index contributed by atoms with van der Waals surface area (Å²) in [7, 11) is 1.73. The second-order valence-electron chi connectivity index (χ2n) is 8.00. The molecule has 1 amide bonds. The number of benzene rings is 2. The van der Waals surface area contributed by atoms with E-state index in [-0.39, 0.29) is 12.5 Å². The minimum absolute atomic E-state index is 0.0640. The number of amides is 1. The average molecular weight is 406 g/mol. The maximum atomic E-state index is 12.7. The number of carbonyl (C=O) groups excluding carboxylic acids is 1. The van der Waals surface area contributed by atoms with Crippen LogP contribution in [0.2, 0.25) is 0 Å². The van der Waals surface area contributed by atoms with E-state index in [1.807, 2.05) is 23.1 Å². The predicted octanol–water partition coefficient (Wildman–Crippen LogP) is 2.54. The first-order valence-electron chi connectivity index (χ1n) is 10.9. The molecule has 0 aliphatic carbocycles. The van der Waals surface area contributed by atoms with Crippen molar-refractivity contribution in [3.63, 3.8) is 0 Å². The number of carbonyl (C=O) groups is 1. The third kappa shape index (κ3) is 5.00. The van der Waals surface area contributed by atoms with Gasteiger partial charge in [0.05, 0.1) is 6.54 Å². The van der Waals surface area contributed by atoms with Crippen molar-refractivity contribution in [1.29, 1.82) is 0 Å². The largest absolute Gasteiger partial charge is 0.352 e. The van der Waals surface area contributed by atoms with E-state index in [0.717, 1.165) is 25.2 Å². The van der Waals surface area contributed by atoms with E-state index in [1.54, 1.807) is 7.05 Å². The lowest BCUT2D eigenvalue weighted by Crippen LogP contribution is -2.44. The van der Waals surface area contributed by atoms with E-state index >= 15 is 0 Å². The first kappa shape index (κ1) is 20.4. The normalized spacial score (nSPS) is 16.6. The number of guanidine groups is 1. The molecular formula is C24H31N5O. The fourth-order valence-corrected chi connectivity index (χ4v) is 4.22. The van der Waals surface area contributed by atoms with Gasteiger partial charge >= 0.3 is 0 Å². The zero-order chi connectivity index (χ0) is 20.8. The fourth-order valence-electron chi connectivity index (χ4n) is 4.22. The van der Waals surface area contributed by atoms with Crippen molar-refractivity contribution in [2.75, 3.05) is 38.1 Å². The summed E-state index contributed by atoms with van der Waals surface area (Å²) in [5, 5.41) is 6.45. The van der Waals surface area contributed by atoms with Crippen LogP contribution >= 0.6 is 0 Å². The Bertz CT molecular complexity index is 887. The number of rotatable bonds is 6. The number of fused-ring (bicyclic) bond motifs is 1. The third-order valence-corrected chi connectivity index (χ3v) is 5.91. The Morgan fingerprint density at radius 3 is 2.47 bits per heavy atom. The summed E-state index contributed by atoms with van der Waals surface area (Å²) < 4.78 is 0. The zero-order valence-electron chi connectivity index (χ0n) is 17.7. The van der Waals surface area contributed by atoms with Gasteiger partial charge in [0.25, 0.3) is 0 Å². The van der Waals surface area contributed by atoms with E-state index < -0.39 is 0 Å². The van der Waals surface area contributed by atoms with E-state index in [0.29, 0.717) is 12.5 Å². The number of para-hydroxylation sites is 1. The van der Waals surface area contributed by atoms with Crippen molar-refractivity contribution < 1.29 is 4.79 Å². The topological polar surface area (TPSA) is 60.0 Å². The Morgan fingerprint density at radius 1 is 0.967 bits per heavy atom. The molecule has 4 rings (SSSR count). The van der Waals surface area contributed by atoms with Crippen LogP contribution in [0.25, 0.3) is 0 Å². The van der Waals surface area contributed by atoms with Crippen LogP contribution in [0, 0.1) is 0 Å². The molecule has 30 heavy (non-hydrogen) atoms. The van der Waals surface area contributed by atoms with Crippen molar-refractivity contribution in [2.45, 2.75) is 32.4 Å². The van der Waals surface area contributed by atoms with E-state index in [4.69, 9.17) is 0 Å². The van der Waals surface area contributed by atoms with Crippen molar-refractivity contribution in [2.24, 2.45) is 4.99 Å². The molecule has 0 spiro atoms. The molecule has 2 aromatic rings. The van der Waals surface area contributed by atoms with Crippen LogP contribution in [0.1, 0.15) is 29.5 Å². The predicted molar refractivity (Wildman–Crippen MR) is 122 cm³/mol. The molecule has 1 saturated heterocycles.